The highest BCUT2D eigenvalue weighted by Gasteiger charge is 2.23. The maximum absolute atomic E-state index is 11.7. The number of amides is 2. The Kier molecular flexibility index (Phi) is 3.71. The van der Waals surface area contributed by atoms with E-state index in [1.54, 1.807) is 38.4 Å². The molecule has 0 saturated heterocycles. The van der Waals surface area contributed by atoms with Crippen LogP contribution >= 0.6 is 0 Å². The third kappa shape index (κ3) is 3.12. The number of carbonyl (C=O) groups excluding carboxylic acids is 2. The molecular formula is C13H16N4O3. The first-order valence-electron chi connectivity index (χ1n) is 6.09. The number of carbonyl (C=O) groups is 2. The van der Waals surface area contributed by atoms with Gasteiger partial charge in [0, 0.05) is 5.69 Å². The number of aliphatic hydroxyl groups is 1. The molecule has 0 spiro atoms. The molecule has 106 valence electrons. The van der Waals surface area contributed by atoms with Crippen molar-refractivity contribution in [3.05, 3.63) is 24.5 Å². The van der Waals surface area contributed by atoms with Gasteiger partial charge in [0.1, 0.15) is 0 Å². The Balaban J connectivity index is 2.05. The molecule has 0 aliphatic carbocycles. The molecule has 1 heterocycles. The molecule has 1 aromatic heterocycles. The molecule has 20 heavy (non-hydrogen) atoms. The lowest BCUT2D eigenvalue weighted by Crippen LogP contribution is -2.50. The average molecular weight is 276 g/mol. The zero-order chi connectivity index (χ0) is 14.8. The fraction of sp³-hybridized carbons (Fsp3) is 0.308. The molecule has 7 nitrogen and oxygen atoms in total. The number of rotatable bonds is 3. The normalized spacial score (nSPS) is 11.3. The van der Waals surface area contributed by atoms with E-state index in [-0.39, 0.29) is 6.61 Å². The van der Waals surface area contributed by atoms with Crippen LogP contribution in [0.5, 0.6) is 0 Å². The molecule has 0 aliphatic heterocycles. The second-order valence-corrected chi connectivity index (χ2v) is 5.08. The van der Waals surface area contributed by atoms with Crippen molar-refractivity contribution in [2.75, 3.05) is 11.9 Å². The molecule has 0 radical (unpaired) electrons. The van der Waals surface area contributed by atoms with Crippen LogP contribution in [0.4, 0.5) is 5.69 Å². The number of fused-ring (bicyclic) bond motifs is 1. The summed E-state index contributed by atoms with van der Waals surface area (Å²) in [5.41, 5.74) is 1.18. The summed E-state index contributed by atoms with van der Waals surface area (Å²) < 4.78 is 0. The van der Waals surface area contributed by atoms with Gasteiger partial charge >= 0.3 is 11.8 Å². The average Bonchev–Trinajstić information content (AvgIpc) is 2.85. The molecule has 0 unspecified atom stereocenters. The second-order valence-electron chi connectivity index (χ2n) is 5.08. The van der Waals surface area contributed by atoms with Crippen molar-refractivity contribution in [3.63, 3.8) is 0 Å². The minimum atomic E-state index is -0.845. The quantitative estimate of drug-likeness (QED) is 0.608. The van der Waals surface area contributed by atoms with Gasteiger partial charge in [-0.1, -0.05) is 0 Å². The van der Waals surface area contributed by atoms with Crippen LogP contribution in [0.1, 0.15) is 13.8 Å². The summed E-state index contributed by atoms with van der Waals surface area (Å²) >= 11 is 0. The van der Waals surface area contributed by atoms with Gasteiger partial charge in [-0.25, -0.2) is 4.98 Å². The van der Waals surface area contributed by atoms with Gasteiger partial charge < -0.3 is 20.7 Å². The van der Waals surface area contributed by atoms with Gasteiger partial charge in [-0.2, -0.15) is 0 Å². The topological polar surface area (TPSA) is 107 Å². The fourth-order valence-electron chi connectivity index (χ4n) is 1.60. The maximum Gasteiger partial charge on any atom is 0.313 e. The first-order valence-corrected chi connectivity index (χ1v) is 6.09. The van der Waals surface area contributed by atoms with E-state index < -0.39 is 17.4 Å². The van der Waals surface area contributed by atoms with Crippen molar-refractivity contribution in [3.8, 4) is 0 Å². The highest BCUT2D eigenvalue weighted by Crippen LogP contribution is 2.15. The van der Waals surface area contributed by atoms with E-state index in [9.17, 15) is 9.59 Å². The zero-order valence-electron chi connectivity index (χ0n) is 11.2. The monoisotopic (exact) mass is 276 g/mol. The number of aromatic amines is 1. The number of aromatic nitrogens is 2. The van der Waals surface area contributed by atoms with Crippen LogP contribution in [0, 0.1) is 0 Å². The Bertz CT molecular complexity index is 648. The smallest absolute Gasteiger partial charge is 0.313 e. The number of benzene rings is 1. The van der Waals surface area contributed by atoms with Crippen LogP contribution in [0.2, 0.25) is 0 Å². The Morgan fingerprint density at radius 3 is 2.80 bits per heavy atom. The fourth-order valence-corrected chi connectivity index (χ4v) is 1.60. The Morgan fingerprint density at radius 1 is 1.35 bits per heavy atom. The van der Waals surface area contributed by atoms with E-state index in [2.05, 4.69) is 20.6 Å². The van der Waals surface area contributed by atoms with Crippen LogP contribution in [-0.2, 0) is 9.59 Å². The highest BCUT2D eigenvalue weighted by atomic mass is 16.3. The summed E-state index contributed by atoms with van der Waals surface area (Å²) in [4.78, 5) is 30.4. The second kappa shape index (κ2) is 5.30. The lowest BCUT2D eigenvalue weighted by atomic mass is 10.1. The first kappa shape index (κ1) is 14.0. The minimum absolute atomic E-state index is 0.258. The number of H-pyrrole nitrogens is 1. The number of anilines is 1. The van der Waals surface area contributed by atoms with Crippen molar-refractivity contribution in [2.24, 2.45) is 0 Å². The molecule has 0 fully saturated rings. The molecular weight excluding hydrogens is 260 g/mol. The first-order chi connectivity index (χ1) is 9.41. The summed E-state index contributed by atoms with van der Waals surface area (Å²) in [6.45, 7) is 2.98. The van der Waals surface area contributed by atoms with Crippen molar-refractivity contribution in [1.29, 1.82) is 0 Å². The summed E-state index contributed by atoms with van der Waals surface area (Å²) in [6.07, 6.45) is 1.55. The molecule has 0 aliphatic rings. The Labute approximate surface area is 115 Å². The van der Waals surface area contributed by atoms with Crippen molar-refractivity contribution in [2.45, 2.75) is 19.4 Å². The van der Waals surface area contributed by atoms with Crippen molar-refractivity contribution >= 4 is 28.5 Å². The van der Waals surface area contributed by atoms with E-state index in [1.165, 1.54) is 0 Å². The predicted octanol–water partition coefficient (Wildman–Crippen LogP) is 0.388. The summed E-state index contributed by atoms with van der Waals surface area (Å²) in [6, 6.07) is 5.08. The van der Waals surface area contributed by atoms with Crippen molar-refractivity contribution < 1.29 is 14.7 Å². The predicted molar refractivity (Wildman–Crippen MR) is 74.0 cm³/mol. The molecule has 2 amide bonds. The zero-order valence-corrected chi connectivity index (χ0v) is 11.2. The number of hydrogen-bond acceptors (Lipinski definition) is 4. The van der Waals surface area contributed by atoms with Crippen LogP contribution in [0.25, 0.3) is 11.0 Å². The Hall–Kier alpha value is -2.41. The molecule has 0 atom stereocenters. The van der Waals surface area contributed by atoms with E-state index in [0.717, 1.165) is 11.0 Å². The number of aliphatic hydroxyl groups excluding tert-OH is 1. The largest absolute Gasteiger partial charge is 0.394 e. The van der Waals surface area contributed by atoms with Crippen LogP contribution in [0.3, 0.4) is 0 Å². The maximum atomic E-state index is 11.7. The molecule has 1 aromatic carbocycles. The number of nitrogens with zero attached hydrogens (tertiary/aromatic N) is 1. The van der Waals surface area contributed by atoms with Gasteiger partial charge in [-0.05, 0) is 32.0 Å². The molecule has 0 bridgehead atoms. The third-order valence-electron chi connectivity index (χ3n) is 2.73. The van der Waals surface area contributed by atoms with Crippen LogP contribution in [0.15, 0.2) is 24.5 Å². The van der Waals surface area contributed by atoms with Gasteiger partial charge in [-0.15, -0.1) is 0 Å². The number of imidazole rings is 1. The summed E-state index contributed by atoms with van der Waals surface area (Å²) in [7, 11) is 0. The lowest BCUT2D eigenvalue weighted by molar-refractivity contribution is -0.137. The standard InChI is InChI=1S/C13H16N4O3/c1-13(2,6-18)17-12(20)11(19)16-8-3-4-9-10(5-8)15-7-14-9/h3-5,7,18H,6H2,1-2H3,(H,14,15)(H,16,19)(H,17,20). The van der Waals surface area contributed by atoms with E-state index >= 15 is 0 Å². The van der Waals surface area contributed by atoms with E-state index in [4.69, 9.17) is 5.11 Å². The number of hydrogen-bond donors (Lipinski definition) is 4. The number of nitrogens with one attached hydrogen (secondary N) is 3. The summed E-state index contributed by atoms with van der Waals surface area (Å²) in [5, 5.41) is 14.0. The molecule has 2 aromatic rings. The lowest BCUT2D eigenvalue weighted by Gasteiger charge is -2.22. The molecule has 4 N–H and O–H groups in total. The van der Waals surface area contributed by atoms with Gasteiger partial charge in [-0.3, -0.25) is 9.59 Å². The van der Waals surface area contributed by atoms with Gasteiger partial charge in [0.05, 0.1) is 29.5 Å². The van der Waals surface area contributed by atoms with E-state index in [0.29, 0.717) is 5.69 Å². The highest BCUT2D eigenvalue weighted by molar-refractivity contribution is 6.39. The van der Waals surface area contributed by atoms with Gasteiger partial charge in [0.15, 0.2) is 0 Å². The van der Waals surface area contributed by atoms with Crippen molar-refractivity contribution in [1.82, 2.24) is 15.3 Å². The SMILES string of the molecule is CC(C)(CO)NC(=O)C(=O)Nc1ccc2nc[nH]c2c1. The van der Waals surface area contributed by atoms with Crippen LogP contribution in [-0.4, -0.2) is 39.0 Å². The van der Waals surface area contributed by atoms with Crippen LogP contribution < -0.4 is 10.6 Å². The Morgan fingerprint density at radius 2 is 2.10 bits per heavy atom. The third-order valence-corrected chi connectivity index (χ3v) is 2.73. The van der Waals surface area contributed by atoms with Gasteiger partial charge in [0.25, 0.3) is 0 Å². The van der Waals surface area contributed by atoms with E-state index in [1.807, 2.05) is 0 Å². The molecule has 2 rings (SSSR count). The molecule has 7 heteroatoms. The van der Waals surface area contributed by atoms with Gasteiger partial charge in [0.2, 0.25) is 0 Å². The minimum Gasteiger partial charge on any atom is -0.394 e. The summed E-state index contributed by atoms with van der Waals surface area (Å²) in [5.74, 6) is -1.58. The molecule has 0 saturated carbocycles.